The molecule has 0 aliphatic heterocycles. The van der Waals surface area contributed by atoms with Crippen molar-refractivity contribution in [3.8, 4) is 11.5 Å². The van der Waals surface area contributed by atoms with Crippen LogP contribution >= 0.6 is 0 Å². The zero-order valence-electron chi connectivity index (χ0n) is 23.1. The number of hydrogen-bond acceptors (Lipinski definition) is 8. The number of carbonyl (C=O) groups excluding carboxylic acids is 2. The fourth-order valence-electron chi connectivity index (χ4n) is 2.96. The molecule has 0 atom stereocenters. The number of nitrogens with zero attached hydrogens (tertiary/aromatic N) is 2. The van der Waals surface area contributed by atoms with Crippen molar-refractivity contribution in [2.45, 2.75) is 67.2 Å². The maximum Gasteiger partial charge on any atom is 2.00 e. The topological polar surface area (TPSA) is 145 Å². The van der Waals surface area contributed by atoms with E-state index in [1.807, 2.05) is 24.3 Å². The second-order valence-corrected chi connectivity index (χ2v) is 9.40. The summed E-state index contributed by atoms with van der Waals surface area (Å²) in [6.45, 7) is 11.0. The van der Waals surface area contributed by atoms with Gasteiger partial charge < -0.3 is 30.0 Å². The van der Waals surface area contributed by atoms with Gasteiger partial charge in [-0.25, -0.2) is 0 Å². The first-order chi connectivity index (χ1) is 17.3. The Labute approximate surface area is 236 Å². The van der Waals surface area contributed by atoms with Crippen molar-refractivity contribution in [1.82, 2.24) is 0 Å². The van der Waals surface area contributed by atoms with E-state index in [0.29, 0.717) is 23.0 Å². The number of rotatable bonds is 10. The van der Waals surface area contributed by atoms with Crippen LogP contribution in [0.3, 0.4) is 0 Å². The summed E-state index contributed by atoms with van der Waals surface area (Å²) in [6.07, 6.45) is 7.53. The van der Waals surface area contributed by atoms with E-state index in [2.05, 4.69) is 37.7 Å². The van der Waals surface area contributed by atoms with Crippen molar-refractivity contribution in [3.63, 3.8) is 0 Å². The molecule has 2 N–H and O–H groups in total. The van der Waals surface area contributed by atoms with Gasteiger partial charge in [-0.15, -0.1) is 0 Å². The number of phenols is 2. The minimum atomic E-state index is -1.08. The van der Waals surface area contributed by atoms with Gasteiger partial charge in [0.25, 0.3) is 0 Å². The van der Waals surface area contributed by atoms with E-state index >= 15 is 0 Å². The number of aliphatic imine (C=N–C) groups is 2. The molecule has 0 bridgehead atoms. The number of hydrogen-bond donors (Lipinski definition) is 2. The first-order valence-corrected chi connectivity index (χ1v) is 12.3. The van der Waals surface area contributed by atoms with Crippen LogP contribution in [-0.2, 0) is 39.2 Å². The van der Waals surface area contributed by atoms with Gasteiger partial charge in [0, 0.05) is 35.5 Å². The van der Waals surface area contributed by atoms with E-state index in [-0.39, 0.29) is 34.9 Å². The van der Waals surface area contributed by atoms with Crippen LogP contribution < -0.4 is 10.2 Å². The van der Waals surface area contributed by atoms with Gasteiger partial charge in [-0.05, 0) is 86.8 Å². The largest absolute Gasteiger partial charge is 2.00 e. The second-order valence-electron chi connectivity index (χ2n) is 9.40. The molecular weight excluding hydrogens is 531 g/mol. The van der Waals surface area contributed by atoms with Gasteiger partial charge in [0.15, 0.2) is 0 Å². The van der Waals surface area contributed by atoms with Crippen molar-refractivity contribution in [2.75, 3.05) is 6.67 Å². The van der Waals surface area contributed by atoms with Crippen LogP contribution in [0.1, 0.15) is 76.6 Å². The number of aryl methyl sites for hydroxylation is 2. The normalized spacial score (nSPS) is 10.5. The Hall–Kier alpha value is -3.17. The van der Waals surface area contributed by atoms with Crippen molar-refractivity contribution in [1.29, 1.82) is 0 Å². The standard InChI is InChI=1S/C25H34N2O2.2C2H4O2.Co/c1-18(2)5-7-20-9-11-24(28)22(13-20)15-26-17-27-16-23-14-21(8-6-19(3)4)10-12-25(23)29;2*1-2(3)4;/h9-16,18-19,28-29H,5-8,17H2,1-4H3;2*1H3,(H,3,4);/q;;;+2/p-2. The first-order valence-electron chi connectivity index (χ1n) is 12.3. The van der Waals surface area contributed by atoms with E-state index in [0.717, 1.165) is 39.5 Å². The molecule has 0 amide bonds. The number of carbonyl (C=O) groups is 2. The molecule has 0 unspecified atom stereocenters. The van der Waals surface area contributed by atoms with E-state index in [4.69, 9.17) is 19.8 Å². The summed E-state index contributed by atoms with van der Waals surface area (Å²) in [5.41, 5.74) is 3.81. The number of benzene rings is 2. The van der Waals surface area contributed by atoms with Gasteiger partial charge in [-0.2, -0.15) is 0 Å². The summed E-state index contributed by atoms with van der Waals surface area (Å²) < 4.78 is 0. The SMILES string of the molecule is CC(=O)[O-].CC(=O)[O-].CC(C)CCc1ccc(O)c(C=NCN=Cc2cc(CCC(C)C)ccc2O)c1.[Co+2]. The maximum atomic E-state index is 10.0. The summed E-state index contributed by atoms with van der Waals surface area (Å²) in [7, 11) is 0. The Bertz CT molecular complexity index is 946. The van der Waals surface area contributed by atoms with E-state index < -0.39 is 11.9 Å². The fourth-order valence-corrected chi connectivity index (χ4v) is 2.96. The number of aliphatic carboxylic acids is 2. The molecule has 0 aliphatic carbocycles. The van der Waals surface area contributed by atoms with Crippen LogP contribution in [0.15, 0.2) is 46.4 Å². The number of carboxylic acid groups (broad SMARTS) is 2. The summed E-state index contributed by atoms with van der Waals surface area (Å²) in [4.78, 5) is 26.4. The predicted molar refractivity (Wildman–Crippen MR) is 144 cm³/mol. The Morgan fingerprint density at radius 1 is 0.763 bits per heavy atom. The van der Waals surface area contributed by atoms with Crippen LogP contribution in [0.5, 0.6) is 11.5 Å². The van der Waals surface area contributed by atoms with Gasteiger partial charge in [0.1, 0.15) is 18.2 Å². The molecule has 2 aromatic rings. The molecule has 38 heavy (non-hydrogen) atoms. The van der Waals surface area contributed by atoms with Gasteiger partial charge in [-0.3, -0.25) is 9.98 Å². The van der Waals surface area contributed by atoms with E-state index in [1.165, 1.54) is 11.1 Å². The summed E-state index contributed by atoms with van der Waals surface area (Å²) >= 11 is 0. The quantitative estimate of drug-likeness (QED) is 0.419. The van der Waals surface area contributed by atoms with Crippen molar-refractivity contribution in [2.24, 2.45) is 21.8 Å². The van der Waals surface area contributed by atoms with Gasteiger partial charge >= 0.3 is 16.8 Å². The molecule has 211 valence electrons. The monoisotopic (exact) mass is 571 g/mol. The number of phenolic OH excluding ortho intramolecular Hbond substituents is 2. The molecule has 2 aromatic carbocycles. The molecule has 8 nitrogen and oxygen atoms in total. The zero-order valence-corrected chi connectivity index (χ0v) is 24.1. The fraction of sp³-hybridized carbons (Fsp3) is 0.448. The third-order valence-electron chi connectivity index (χ3n) is 4.83. The van der Waals surface area contributed by atoms with Crippen LogP contribution in [0.2, 0.25) is 0 Å². The van der Waals surface area contributed by atoms with Crippen molar-refractivity contribution >= 4 is 24.4 Å². The predicted octanol–water partition coefficient (Wildman–Crippen LogP) is 3.28. The minimum Gasteiger partial charge on any atom is -0.550 e. The minimum absolute atomic E-state index is 0. The first kappa shape index (κ1) is 37.0. The Kier molecular flexibility index (Phi) is 20.3. The summed E-state index contributed by atoms with van der Waals surface area (Å²) in [5, 5.41) is 37.9. The average Bonchev–Trinajstić information content (AvgIpc) is 2.78. The molecule has 2 rings (SSSR count). The molecule has 0 heterocycles. The third-order valence-corrected chi connectivity index (χ3v) is 4.83. The van der Waals surface area contributed by atoms with Crippen LogP contribution in [0, 0.1) is 11.8 Å². The van der Waals surface area contributed by atoms with Crippen molar-refractivity contribution in [3.05, 3.63) is 58.7 Å². The van der Waals surface area contributed by atoms with Crippen molar-refractivity contribution < 1.29 is 46.8 Å². The van der Waals surface area contributed by atoms with Gasteiger partial charge in [0.2, 0.25) is 0 Å². The van der Waals surface area contributed by atoms with Crippen LogP contribution in [0.25, 0.3) is 0 Å². The molecule has 1 radical (unpaired) electrons. The maximum absolute atomic E-state index is 10.0. The summed E-state index contributed by atoms with van der Waals surface area (Å²) in [6, 6.07) is 11.3. The van der Waals surface area contributed by atoms with E-state index in [9.17, 15) is 10.2 Å². The molecular formula is C29H40CoN2O6. The zero-order chi connectivity index (χ0) is 28.4. The number of aromatic hydroxyl groups is 2. The molecule has 0 fully saturated rings. The van der Waals surface area contributed by atoms with E-state index in [1.54, 1.807) is 24.6 Å². The Morgan fingerprint density at radius 3 is 1.37 bits per heavy atom. The van der Waals surface area contributed by atoms with Gasteiger partial charge in [-0.1, -0.05) is 39.8 Å². The third kappa shape index (κ3) is 19.9. The Balaban J connectivity index is 0. The Morgan fingerprint density at radius 2 is 1.08 bits per heavy atom. The molecule has 0 saturated heterocycles. The molecule has 0 spiro atoms. The molecule has 0 aromatic heterocycles. The molecule has 0 saturated carbocycles. The molecule has 0 aliphatic rings. The molecule has 9 heteroatoms. The van der Waals surface area contributed by atoms with Crippen LogP contribution in [0.4, 0.5) is 0 Å². The van der Waals surface area contributed by atoms with Crippen LogP contribution in [-0.4, -0.2) is 41.2 Å². The van der Waals surface area contributed by atoms with Gasteiger partial charge in [0.05, 0.1) is 0 Å². The average molecular weight is 572 g/mol. The summed E-state index contributed by atoms with van der Waals surface area (Å²) in [5.74, 6) is -0.422. The smallest absolute Gasteiger partial charge is 0.550 e. The number of carboxylic acids is 2. The second kappa shape index (κ2) is 20.8.